The normalized spacial score (nSPS) is 13.2. The third kappa shape index (κ3) is 1.95. The lowest BCUT2D eigenvalue weighted by atomic mass is 9.91. The standard InChI is InChI=1S/C17H13NS/c1-2-6-15-13-8-3-4-9-14(13)17-12(11-19)7-5-10-16(17)18-15/h2-5,8-10H,1,6-7H2. The van der Waals surface area contributed by atoms with E-state index in [1.165, 1.54) is 10.8 Å². The van der Waals surface area contributed by atoms with Gasteiger partial charge in [-0.2, -0.15) is 0 Å². The van der Waals surface area contributed by atoms with Gasteiger partial charge in [0.05, 0.1) is 11.4 Å². The summed E-state index contributed by atoms with van der Waals surface area (Å²) in [6, 6.07) is 8.34. The molecule has 3 rings (SSSR count). The summed E-state index contributed by atoms with van der Waals surface area (Å²) >= 11 is 5.03. The first-order chi connectivity index (χ1) is 9.35. The Morgan fingerprint density at radius 3 is 2.84 bits per heavy atom. The lowest BCUT2D eigenvalue weighted by Gasteiger charge is -2.16. The van der Waals surface area contributed by atoms with Crippen molar-refractivity contribution in [2.45, 2.75) is 12.8 Å². The molecule has 1 aliphatic rings. The van der Waals surface area contributed by atoms with Crippen LogP contribution in [-0.2, 0) is 6.42 Å². The highest BCUT2D eigenvalue weighted by Crippen LogP contribution is 2.34. The number of pyridine rings is 1. The zero-order valence-corrected chi connectivity index (χ0v) is 11.3. The SMILES string of the molecule is C=CCc1nc2c(c3ccccc13)C(=C=S)CC=C2. The molecule has 19 heavy (non-hydrogen) atoms. The average molecular weight is 263 g/mol. The third-order valence-corrected chi connectivity index (χ3v) is 3.63. The molecule has 2 heteroatoms. The Balaban J connectivity index is 2.44. The Bertz CT molecular complexity index is 749. The molecule has 2 aromatic rings. The minimum atomic E-state index is 0.776. The summed E-state index contributed by atoms with van der Waals surface area (Å²) in [4.78, 5) is 4.76. The monoisotopic (exact) mass is 263 g/mol. The van der Waals surface area contributed by atoms with Gasteiger partial charge in [-0.05, 0) is 35.1 Å². The van der Waals surface area contributed by atoms with Crippen molar-refractivity contribution in [3.05, 3.63) is 59.9 Å². The van der Waals surface area contributed by atoms with E-state index in [2.05, 4.69) is 42.0 Å². The molecule has 0 radical (unpaired) electrons. The van der Waals surface area contributed by atoms with Crippen LogP contribution in [0.25, 0.3) is 22.4 Å². The number of benzene rings is 1. The highest BCUT2D eigenvalue weighted by molar-refractivity contribution is 7.78. The Morgan fingerprint density at radius 2 is 2.11 bits per heavy atom. The topological polar surface area (TPSA) is 12.9 Å². The molecule has 1 heterocycles. The number of hydrogen-bond acceptors (Lipinski definition) is 2. The number of thiocarbonyl (C=S) groups is 1. The van der Waals surface area contributed by atoms with Crippen LogP contribution in [0.4, 0.5) is 0 Å². The molecule has 0 atom stereocenters. The second-order valence-corrected chi connectivity index (χ2v) is 4.75. The molecule has 0 saturated carbocycles. The Hall–Kier alpha value is -2.02. The van der Waals surface area contributed by atoms with Crippen molar-refractivity contribution in [3.63, 3.8) is 0 Å². The van der Waals surface area contributed by atoms with Gasteiger partial charge < -0.3 is 0 Å². The number of nitrogens with zero attached hydrogens (tertiary/aromatic N) is 1. The molecule has 0 aliphatic heterocycles. The van der Waals surface area contributed by atoms with Crippen molar-refractivity contribution in [2.75, 3.05) is 0 Å². The van der Waals surface area contributed by atoms with Crippen LogP contribution in [0.15, 0.2) is 43.0 Å². The maximum atomic E-state index is 5.03. The van der Waals surface area contributed by atoms with Crippen molar-refractivity contribution in [2.24, 2.45) is 0 Å². The average Bonchev–Trinajstić information content (AvgIpc) is 2.47. The van der Waals surface area contributed by atoms with E-state index in [1.807, 2.05) is 12.1 Å². The quantitative estimate of drug-likeness (QED) is 0.589. The van der Waals surface area contributed by atoms with E-state index in [0.29, 0.717) is 0 Å². The predicted octanol–water partition coefficient (Wildman–Crippen LogP) is 4.36. The van der Waals surface area contributed by atoms with Gasteiger partial charge in [-0.15, -0.1) is 6.58 Å². The smallest absolute Gasteiger partial charge is 0.0718 e. The van der Waals surface area contributed by atoms with Gasteiger partial charge in [0.2, 0.25) is 0 Å². The number of hydrogen-bond donors (Lipinski definition) is 0. The van der Waals surface area contributed by atoms with E-state index < -0.39 is 0 Å². The second-order valence-electron chi connectivity index (χ2n) is 4.54. The van der Waals surface area contributed by atoms with Crippen LogP contribution < -0.4 is 0 Å². The fraction of sp³-hybridized carbons (Fsp3) is 0.118. The molecule has 0 bridgehead atoms. The van der Waals surface area contributed by atoms with Gasteiger partial charge in [0.25, 0.3) is 0 Å². The summed E-state index contributed by atoms with van der Waals surface area (Å²) in [5.74, 6) is 0. The van der Waals surface area contributed by atoms with Crippen LogP contribution in [-0.4, -0.2) is 10.0 Å². The van der Waals surface area contributed by atoms with Crippen molar-refractivity contribution in [3.8, 4) is 0 Å². The molecule has 0 N–H and O–H groups in total. The molecule has 0 saturated heterocycles. The van der Waals surface area contributed by atoms with E-state index >= 15 is 0 Å². The van der Waals surface area contributed by atoms with E-state index in [0.717, 1.165) is 35.4 Å². The molecule has 1 nitrogen and oxygen atoms in total. The van der Waals surface area contributed by atoms with E-state index in [9.17, 15) is 0 Å². The van der Waals surface area contributed by atoms with Crippen LogP contribution in [0.1, 0.15) is 23.4 Å². The molecule has 0 unspecified atom stereocenters. The zero-order chi connectivity index (χ0) is 13.2. The molecule has 1 aromatic heterocycles. The number of allylic oxidation sites excluding steroid dienone is 3. The first-order valence-electron chi connectivity index (χ1n) is 6.28. The fourth-order valence-corrected chi connectivity index (χ4v) is 2.75. The summed E-state index contributed by atoms with van der Waals surface area (Å²) in [6.45, 7) is 3.81. The van der Waals surface area contributed by atoms with E-state index in [4.69, 9.17) is 17.2 Å². The fourth-order valence-electron chi connectivity index (χ4n) is 2.57. The minimum absolute atomic E-state index is 0.776. The van der Waals surface area contributed by atoms with Crippen molar-refractivity contribution in [1.29, 1.82) is 0 Å². The highest BCUT2D eigenvalue weighted by atomic mass is 32.1. The third-order valence-electron chi connectivity index (χ3n) is 3.38. The second kappa shape index (κ2) is 4.93. The van der Waals surface area contributed by atoms with E-state index in [-0.39, 0.29) is 0 Å². The molecule has 0 amide bonds. The number of fused-ring (bicyclic) bond motifs is 3. The number of rotatable bonds is 2. The summed E-state index contributed by atoms with van der Waals surface area (Å²) < 4.78 is 0. The first-order valence-corrected chi connectivity index (χ1v) is 6.69. The van der Waals surface area contributed by atoms with Gasteiger partial charge in [-0.1, -0.05) is 36.4 Å². The molecule has 0 spiro atoms. The lowest BCUT2D eigenvalue weighted by molar-refractivity contribution is 1.11. The lowest BCUT2D eigenvalue weighted by Crippen LogP contribution is -2.02. The summed E-state index contributed by atoms with van der Waals surface area (Å²) in [7, 11) is 0. The van der Waals surface area contributed by atoms with Gasteiger partial charge in [0, 0.05) is 22.9 Å². The van der Waals surface area contributed by atoms with Gasteiger partial charge in [-0.25, -0.2) is 0 Å². The van der Waals surface area contributed by atoms with Crippen molar-refractivity contribution in [1.82, 2.24) is 4.98 Å². The molecular weight excluding hydrogens is 250 g/mol. The van der Waals surface area contributed by atoms with Gasteiger partial charge in [-0.3, -0.25) is 4.98 Å². The zero-order valence-electron chi connectivity index (χ0n) is 10.5. The van der Waals surface area contributed by atoms with Crippen LogP contribution >= 0.6 is 12.2 Å². The maximum Gasteiger partial charge on any atom is 0.0718 e. The van der Waals surface area contributed by atoms with Gasteiger partial charge in [0.1, 0.15) is 0 Å². The van der Waals surface area contributed by atoms with Crippen LogP contribution in [0.2, 0.25) is 0 Å². The van der Waals surface area contributed by atoms with Crippen LogP contribution in [0.3, 0.4) is 0 Å². The molecule has 1 aromatic carbocycles. The van der Waals surface area contributed by atoms with Crippen LogP contribution in [0, 0.1) is 0 Å². The number of aromatic nitrogens is 1. The summed E-state index contributed by atoms with van der Waals surface area (Å²) in [6.07, 6.45) is 7.67. The Kier molecular flexibility index (Phi) is 3.12. The van der Waals surface area contributed by atoms with E-state index in [1.54, 1.807) is 0 Å². The predicted molar refractivity (Wildman–Crippen MR) is 85.3 cm³/mol. The van der Waals surface area contributed by atoms with Gasteiger partial charge in [0.15, 0.2) is 0 Å². The molecule has 1 aliphatic carbocycles. The minimum Gasteiger partial charge on any atom is -0.252 e. The largest absolute Gasteiger partial charge is 0.252 e. The Labute approximate surface area is 118 Å². The van der Waals surface area contributed by atoms with Gasteiger partial charge >= 0.3 is 0 Å². The summed E-state index contributed by atoms with van der Waals surface area (Å²) in [5.41, 5.74) is 4.26. The van der Waals surface area contributed by atoms with Crippen molar-refractivity contribution >= 4 is 39.7 Å². The molecule has 92 valence electrons. The van der Waals surface area contributed by atoms with Crippen LogP contribution in [0.5, 0.6) is 0 Å². The van der Waals surface area contributed by atoms with Crippen molar-refractivity contribution < 1.29 is 0 Å². The maximum absolute atomic E-state index is 5.03. The molecular formula is C17H13NS. The first kappa shape index (κ1) is 12.0. The Morgan fingerprint density at radius 1 is 1.32 bits per heavy atom. The summed E-state index contributed by atoms with van der Waals surface area (Å²) in [5, 5.41) is 5.28. The highest BCUT2D eigenvalue weighted by Gasteiger charge is 2.17. The molecule has 0 fully saturated rings.